The highest BCUT2D eigenvalue weighted by atomic mass is 32.2. The Kier molecular flexibility index (Phi) is 7.13. The van der Waals surface area contributed by atoms with Crippen LogP contribution in [-0.2, 0) is 20.9 Å². The predicted molar refractivity (Wildman–Crippen MR) is 113 cm³/mol. The Morgan fingerprint density at radius 1 is 1.32 bits per heavy atom. The number of amides is 1. The van der Waals surface area contributed by atoms with E-state index in [9.17, 15) is 14.0 Å². The van der Waals surface area contributed by atoms with Crippen molar-refractivity contribution in [2.45, 2.75) is 6.61 Å². The van der Waals surface area contributed by atoms with E-state index in [1.165, 1.54) is 25.5 Å². The minimum atomic E-state index is -0.639. The lowest BCUT2D eigenvalue weighted by Crippen LogP contribution is -2.19. The van der Waals surface area contributed by atoms with Gasteiger partial charge >= 0.3 is 5.97 Å². The van der Waals surface area contributed by atoms with Gasteiger partial charge < -0.3 is 9.47 Å². The lowest BCUT2D eigenvalue weighted by molar-refractivity contribution is -0.135. The Hall–Kier alpha value is -3.97. The quantitative estimate of drug-likeness (QED) is 0.321. The van der Waals surface area contributed by atoms with Crippen LogP contribution in [0.2, 0.25) is 0 Å². The molecule has 0 spiro atoms. The van der Waals surface area contributed by atoms with Crippen molar-refractivity contribution in [2.75, 3.05) is 7.11 Å². The van der Waals surface area contributed by atoms with E-state index in [4.69, 9.17) is 10.00 Å². The molecule has 0 atom stereocenters. The molecule has 0 aromatic heterocycles. The van der Waals surface area contributed by atoms with Crippen LogP contribution in [0, 0.1) is 17.1 Å². The van der Waals surface area contributed by atoms with E-state index >= 15 is 0 Å². The minimum absolute atomic E-state index is 0.00157. The van der Waals surface area contributed by atoms with E-state index in [1.807, 2.05) is 6.07 Å². The Labute approximate surface area is 181 Å². The lowest BCUT2D eigenvalue weighted by atomic mass is 10.1. The third kappa shape index (κ3) is 6.01. The molecule has 156 valence electrons. The molecule has 0 aliphatic carbocycles. The summed E-state index contributed by atoms with van der Waals surface area (Å²) < 4.78 is 24.0. The van der Waals surface area contributed by atoms with Crippen LogP contribution in [0.4, 0.5) is 4.39 Å². The van der Waals surface area contributed by atoms with Crippen LogP contribution in [0.25, 0.3) is 0 Å². The smallest absolute Gasteiger partial charge is 0.331 e. The first-order valence-electron chi connectivity index (χ1n) is 8.80. The Morgan fingerprint density at radius 2 is 2.16 bits per heavy atom. The second-order valence-electron chi connectivity index (χ2n) is 6.02. The number of methoxy groups -OCH3 is 1. The summed E-state index contributed by atoms with van der Waals surface area (Å²) >= 11 is 0.966. The molecule has 1 N–H and O–H groups in total. The van der Waals surface area contributed by atoms with Crippen LogP contribution in [0.5, 0.6) is 5.75 Å². The summed E-state index contributed by atoms with van der Waals surface area (Å²) in [6.07, 6.45) is 2.53. The first-order chi connectivity index (χ1) is 15.0. The first-order valence-corrected chi connectivity index (χ1v) is 9.61. The zero-order valence-corrected chi connectivity index (χ0v) is 17.0. The van der Waals surface area contributed by atoms with Gasteiger partial charge in [0.1, 0.15) is 18.2 Å². The normalized spacial score (nSPS) is 15.8. The van der Waals surface area contributed by atoms with Crippen molar-refractivity contribution in [3.63, 3.8) is 0 Å². The number of thioether (sulfide) groups is 1. The van der Waals surface area contributed by atoms with Gasteiger partial charge in [0.05, 0.1) is 29.9 Å². The fourth-order valence-corrected chi connectivity index (χ4v) is 3.11. The summed E-state index contributed by atoms with van der Waals surface area (Å²) in [6.45, 7) is -0.00157. The monoisotopic (exact) mass is 438 g/mol. The molecule has 8 nitrogen and oxygen atoms in total. The molecule has 1 saturated heterocycles. The van der Waals surface area contributed by atoms with Crippen molar-refractivity contribution in [1.29, 1.82) is 5.26 Å². The van der Waals surface area contributed by atoms with Crippen molar-refractivity contribution in [3.8, 4) is 11.8 Å². The Balaban J connectivity index is 1.62. The number of carbonyl (C=O) groups excluding carboxylic acids is 2. The maximum Gasteiger partial charge on any atom is 0.331 e. The molecular formula is C21H15FN4O4S. The average Bonchev–Trinajstić information content (AvgIpc) is 3.11. The predicted octanol–water partition coefficient (Wildman–Crippen LogP) is 2.89. The van der Waals surface area contributed by atoms with Gasteiger partial charge in [0.2, 0.25) is 0 Å². The van der Waals surface area contributed by atoms with Crippen LogP contribution >= 0.6 is 11.8 Å². The molecule has 10 heteroatoms. The van der Waals surface area contributed by atoms with Gasteiger partial charge in [0.25, 0.3) is 5.91 Å². The van der Waals surface area contributed by atoms with E-state index in [-0.39, 0.29) is 22.2 Å². The summed E-state index contributed by atoms with van der Waals surface area (Å²) in [4.78, 5) is 23.2. The summed E-state index contributed by atoms with van der Waals surface area (Å²) in [5, 5.41) is 19.3. The summed E-state index contributed by atoms with van der Waals surface area (Å²) in [5.41, 5.74) is 1.24. The van der Waals surface area contributed by atoms with Gasteiger partial charge in [-0.25, -0.2) is 9.18 Å². The third-order valence-electron chi connectivity index (χ3n) is 3.89. The fourth-order valence-electron chi connectivity index (χ4n) is 2.37. The number of halogens is 1. The standard InChI is InChI=1S/C21H15FN4O4S/c1-29-19(27)9-18-20(28)25-21(31-18)26-24-11-14-3-2-4-16(7-14)30-12-15-6-5-13(10-23)8-17(15)22/h2-9,11H,12H2,1H3,(H,25,26,28)/b18-9+,24-11?. The highest BCUT2D eigenvalue weighted by molar-refractivity contribution is 8.18. The number of hydrogen-bond acceptors (Lipinski definition) is 8. The van der Waals surface area contributed by atoms with Crippen molar-refractivity contribution in [1.82, 2.24) is 5.32 Å². The molecule has 1 heterocycles. The molecule has 1 aliphatic heterocycles. The van der Waals surface area contributed by atoms with E-state index in [2.05, 4.69) is 20.3 Å². The molecule has 31 heavy (non-hydrogen) atoms. The number of esters is 1. The zero-order chi connectivity index (χ0) is 22.2. The molecule has 1 amide bonds. The fraction of sp³-hybridized carbons (Fsp3) is 0.0952. The van der Waals surface area contributed by atoms with Gasteiger partial charge in [-0.1, -0.05) is 18.2 Å². The van der Waals surface area contributed by atoms with Gasteiger partial charge in [-0.15, -0.1) is 5.10 Å². The van der Waals surface area contributed by atoms with E-state index in [1.54, 1.807) is 24.3 Å². The number of nitrogens with one attached hydrogen (secondary N) is 1. The van der Waals surface area contributed by atoms with Crippen molar-refractivity contribution >= 4 is 35.0 Å². The number of amidine groups is 1. The summed E-state index contributed by atoms with van der Waals surface area (Å²) in [6, 6.07) is 13.0. The van der Waals surface area contributed by atoms with Gasteiger partial charge in [-0.2, -0.15) is 10.4 Å². The second kappa shape index (κ2) is 10.2. The minimum Gasteiger partial charge on any atom is -0.489 e. The highest BCUT2D eigenvalue weighted by Gasteiger charge is 2.24. The third-order valence-corrected chi connectivity index (χ3v) is 4.79. The maximum absolute atomic E-state index is 14.0. The number of ether oxygens (including phenoxy) is 2. The zero-order valence-electron chi connectivity index (χ0n) is 16.2. The van der Waals surface area contributed by atoms with Gasteiger partial charge in [0.15, 0.2) is 5.17 Å². The number of hydrogen-bond donors (Lipinski definition) is 1. The first kappa shape index (κ1) is 21.7. The maximum atomic E-state index is 14.0. The second-order valence-corrected chi connectivity index (χ2v) is 7.05. The van der Waals surface area contributed by atoms with Crippen LogP contribution in [-0.4, -0.2) is 30.4 Å². The van der Waals surface area contributed by atoms with Gasteiger partial charge in [0, 0.05) is 11.6 Å². The molecule has 1 aliphatic rings. The van der Waals surface area contributed by atoms with E-state index in [0.29, 0.717) is 16.9 Å². The van der Waals surface area contributed by atoms with Crippen LogP contribution < -0.4 is 10.1 Å². The summed E-state index contributed by atoms with van der Waals surface area (Å²) in [5.74, 6) is -1.12. The van der Waals surface area contributed by atoms with Crippen molar-refractivity contribution in [2.24, 2.45) is 10.2 Å². The molecule has 2 aromatic carbocycles. The largest absolute Gasteiger partial charge is 0.489 e. The molecule has 0 unspecified atom stereocenters. The highest BCUT2D eigenvalue weighted by Crippen LogP contribution is 2.23. The number of nitriles is 1. The average molecular weight is 438 g/mol. The van der Waals surface area contributed by atoms with Crippen molar-refractivity contribution < 1.29 is 23.5 Å². The summed E-state index contributed by atoms with van der Waals surface area (Å²) in [7, 11) is 1.22. The SMILES string of the molecule is COC(=O)/C=C1/S/C(=N\N=Cc2cccc(OCc3ccc(C#N)cc3F)c2)NC1=O. The molecular weight excluding hydrogens is 423 g/mol. The topological polar surface area (TPSA) is 113 Å². The van der Waals surface area contributed by atoms with Gasteiger partial charge in [-0.3, -0.25) is 10.1 Å². The van der Waals surface area contributed by atoms with E-state index in [0.717, 1.165) is 23.9 Å². The van der Waals surface area contributed by atoms with Crippen LogP contribution in [0.3, 0.4) is 0 Å². The number of rotatable bonds is 6. The molecule has 2 aromatic rings. The van der Waals surface area contributed by atoms with E-state index < -0.39 is 17.7 Å². The number of benzene rings is 2. The molecule has 3 rings (SSSR count). The van der Waals surface area contributed by atoms with Crippen LogP contribution in [0.1, 0.15) is 16.7 Å². The molecule has 0 radical (unpaired) electrons. The molecule has 0 bridgehead atoms. The number of nitrogens with zero attached hydrogens (tertiary/aromatic N) is 3. The number of carbonyl (C=O) groups is 2. The van der Waals surface area contributed by atoms with Crippen LogP contribution in [0.15, 0.2) is 63.6 Å². The molecule has 1 fully saturated rings. The van der Waals surface area contributed by atoms with Crippen molar-refractivity contribution in [3.05, 3.63) is 76.0 Å². The van der Waals surface area contributed by atoms with Gasteiger partial charge in [-0.05, 0) is 41.6 Å². The molecule has 0 saturated carbocycles. The lowest BCUT2D eigenvalue weighted by Gasteiger charge is -2.08. The Morgan fingerprint density at radius 3 is 2.90 bits per heavy atom. The Bertz CT molecular complexity index is 1150.